The van der Waals surface area contributed by atoms with Crippen molar-refractivity contribution < 1.29 is 4.74 Å². The van der Waals surface area contributed by atoms with Gasteiger partial charge in [-0.15, -0.1) is 0 Å². The number of aromatic nitrogens is 2. The van der Waals surface area contributed by atoms with Crippen LogP contribution in [0.2, 0.25) is 0 Å². The monoisotopic (exact) mass is 411 g/mol. The zero-order valence-corrected chi connectivity index (χ0v) is 17.7. The molecule has 7 heteroatoms. The van der Waals surface area contributed by atoms with E-state index in [1.165, 1.54) is 29.1 Å². The van der Waals surface area contributed by atoms with E-state index in [0.29, 0.717) is 6.04 Å². The molecule has 0 N–H and O–H groups in total. The summed E-state index contributed by atoms with van der Waals surface area (Å²) in [6.45, 7) is 7.89. The van der Waals surface area contributed by atoms with Crippen molar-refractivity contribution in [3.63, 3.8) is 0 Å². The third kappa shape index (κ3) is 4.52. The second-order valence-corrected chi connectivity index (χ2v) is 9.24. The zero-order chi connectivity index (χ0) is 19.5. The zero-order valence-electron chi connectivity index (χ0n) is 16.9. The van der Waals surface area contributed by atoms with Crippen molar-refractivity contribution in [3.05, 3.63) is 47.8 Å². The fourth-order valence-electron chi connectivity index (χ4n) is 4.51. The minimum Gasteiger partial charge on any atom is -0.492 e. The van der Waals surface area contributed by atoms with Crippen molar-refractivity contribution >= 4 is 17.7 Å². The molecule has 0 aliphatic carbocycles. The van der Waals surface area contributed by atoms with Crippen LogP contribution in [0, 0.1) is 0 Å². The largest absolute Gasteiger partial charge is 0.492 e. The number of rotatable bonds is 4. The lowest BCUT2D eigenvalue weighted by Crippen LogP contribution is -2.46. The summed E-state index contributed by atoms with van der Waals surface area (Å²) in [6.07, 6.45) is 4.95. The smallest absolute Gasteiger partial charge is 0.225 e. The van der Waals surface area contributed by atoms with Crippen LogP contribution < -0.4 is 9.64 Å². The maximum absolute atomic E-state index is 6.06. The number of anilines is 1. The molecule has 1 unspecified atom stereocenters. The van der Waals surface area contributed by atoms with Gasteiger partial charge in [-0.05, 0) is 35.9 Å². The number of hydrogen-bond acceptors (Lipinski definition) is 7. The second kappa shape index (κ2) is 8.90. The van der Waals surface area contributed by atoms with Crippen molar-refractivity contribution in [2.24, 2.45) is 0 Å². The first-order valence-corrected chi connectivity index (χ1v) is 11.8. The molecule has 0 radical (unpaired) electrons. The van der Waals surface area contributed by atoms with Gasteiger partial charge in [-0.25, -0.2) is 9.97 Å². The summed E-state index contributed by atoms with van der Waals surface area (Å²) in [4.78, 5) is 16.2. The molecule has 3 aliphatic heterocycles. The molecular formula is C22H29N5OS. The molecule has 3 aliphatic rings. The van der Waals surface area contributed by atoms with Gasteiger partial charge in [0.15, 0.2) is 0 Å². The number of benzene rings is 1. The van der Waals surface area contributed by atoms with Gasteiger partial charge in [-0.3, -0.25) is 9.80 Å². The highest BCUT2D eigenvalue weighted by molar-refractivity contribution is 7.99. The van der Waals surface area contributed by atoms with Crippen LogP contribution in [0.3, 0.4) is 0 Å². The second-order valence-electron chi connectivity index (χ2n) is 8.09. The van der Waals surface area contributed by atoms with E-state index in [1.54, 1.807) is 0 Å². The standard InChI is InChI=1S/C22H29N5OS/c1-5-23-22(24-6-1)26-9-7-25(8-10-26)15-18-2-3-21-19(14-18)16-27(11-12-28-21)20-4-13-29-17-20/h1-3,5-6,14,20H,4,7-13,15-17H2. The quantitative estimate of drug-likeness (QED) is 0.766. The van der Waals surface area contributed by atoms with Gasteiger partial charge in [0.25, 0.3) is 0 Å². The SMILES string of the molecule is c1cnc(N2CCN(Cc3ccc4c(c3)CN(C3CCSC3)CCO4)CC2)nc1. The highest BCUT2D eigenvalue weighted by Crippen LogP contribution is 2.29. The van der Waals surface area contributed by atoms with E-state index in [9.17, 15) is 0 Å². The molecule has 0 bridgehead atoms. The van der Waals surface area contributed by atoms with Gasteiger partial charge in [-0.2, -0.15) is 11.8 Å². The van der Waals surface area contributed by atoms with Crippen LogP contribution in [0.15, 0.2) is 36.7 Å². The van der Waals surface area contributed by atoms with Crippen molar-refractivity contribution in [1.82, 2.24) is 19.8 Å². The van der Waals surface area contributed by atoms with E-state index < -0.39 is 0 Å². The summed E-state index contributed by atoms with van der Waals surface area (Å²) in [5.41, 5.74) is 2.74. The first kappa shape index (κ1) is 19.2. The summed E-state index contributed by atoms with van der Waals surface area (Å²) in [7, 11) is 0. The van der Waals surface area contributed by atoms with E-state index >= 15 is 0 Å². The molecule has 0 saturated carbocycles. The molecule has 0 spiro atoms. The summed E-state index contributed by atoms with van der Waals surface area (Å²) in [6, 6.07) is 9.39. The van der Waals surface area contributed by atoms with Crippen molar-refractivity contribution in [1.29, 1.82) is 0 Å². The van der Waals surface area contributed by atoms with Crippen LogP contribution in [0.25, 0.3) is 0 Å². The highest BCUT2D eigenvalue weighted by atomic mass is 32.2. The number of piperazine rings is 1. The first-order valence-electron chi connectivity index (χ1n) is 10.7. The number of fused-ring (bicyclic) bond motifs is 1. The molecule has 1 aromatic carbocycles. The van der Waals surface area contributed by atoms with Gasteiger partial charge >= 0.3 is 0 Å². The maximum Gasteiger partial charge on any atom is 0.225 e. The van der Waals surface area contributed by atoms with E-state index in [-0.39, 0.29) is 0 Å². The summed E-state index contributed by atoms with van der Waals surface area (Å²) >= 11 is 2.09. The lowest BCUT2D eigenvalue weighted by molar-refractivity contribution is 0.182. The molecular weight excluding hydrogens is 382 g/mol. The van der Waals surface area contributed by atoms with Crippen LogP contribution in [0.1, 0.15) is 17.5 Å². The van der Waals surface area contributed by atoms with E-state index in [4.69, 9.17) is 4.74 Å². The molecule has 1 aromatic heterocycles. The van der Waals surface area contributed by atoms with Gasteiger partial charge in [0.05, 0.1) is 0 Å². The van der Waals surface area contributed by atoms with Gasteiger partial charge < -0.3 is 9.64 Å². The Morgan fingerprint density at radius 2 is 1.93 bits per heavy atom. The van der Waals surface area contributed by atoms with Crippen LogP contribution in [-0.4, -0.2) is 76.6 Å². The van der Waals surface area contributed by atoms with Gasteiger partial charge in [0.1, 0.15) is 12.4 Å². The fourth-order valence-corrected chi connectivity index (χ4v) is 5.76. The van der Waals surface area contributed by atoms with E-state index in [1.807, 2.05) is 18.5 Å². The van der Waals surface area contributed by atoms with Crippen LogP contribution in [0.5, 0.6) is 5.75 Å². The number of thioether (sulfide) groups is 1. The van der Waals surface area contributed by atoms with Gasteiger partial charge in [-0.1, -0.05) is 6.07 Å². The number of hydrogen-bond donors (Lipinski definition) is 0. The molecule has 154 valence electrons. The predicted molar refractivity (Wildman–Crippen MR) is 118 cm³/mol. The maximum atomic E-state index is 6.06. The molecule has 4 heterocycles. The van der Waals surface area contributed by atoms with Crippen molar-refractivity contribution in [2.45, 2.75) is 25.6 Å². The number of nitrogens with zero attached hydrogens (tertiary/aromatic N) is 5. The molecule has 29 heavy (non-hydrogen) atoms. The Labute approximate surface area is 177 Å². The van der Waals surface area contributed by atoms with Gasteiger partial charge in [0.2, 0.25) is 5.95 Å². The Hall–Kier alpha value is -1.83. The molecule has 1 atom stereocenters. The minimum atomic E-state index is 0.714. The molecule has 5 rings (SSSR count). The molecule has 0 amide bonds. The molecule has 2 saturated heterocycles. The normalized spacial score (nSPS) is 23.4. The van der Waals surface area contributed by atoms with Gasteiger partial charge in [0, 0.05) is 75.6 Å². The lowest BCUT2D eigenvalue weighted by Gasteiger charge is -2.34. The average molecular weight is 412 g/mol. The lowest BCUT2D eigenvalue weighted by atomic mass is 10.1. The minimum absolute atomic E-state index is 0.714. The third-order valence-electron chi connectivity index (χ3n) is 6.17. The third-order valence-corrected chi connectivity index (χ3v) is 7.31. The number of ether oxygens (including phenoxy) is 1. The van der Waals surface area contributed by atoms with E-state index in [0.717, 1.165) is 64.1 Å². The van der Waals surface area contributed by atoms with Crippen molar-refractivity contribution in [3.8, 4) is 5.75 Å². The summed E-state index contributed by atoms with van der Waals surface area (Å²) in [5.74, 6) is 4.49. The van der Waals surface area contributed by atoms with E-state index in [2.05, 4.69) is 54.6 Å². The Morgan fingerprint density at radius 1 is 1.07 bits per heavy atom. The first-order chi connectivity index (χ1) is 14.3. The Kier molecular flexibility index (Phi) is 5.88. The Morgan fingerprint density at radius 3 is 2.72 bits per heavy atom. The van der Waals surface area contributed by atoms with Crippen LogP contribution in [0.4, 0.5) is 5.95 Å². The topological polar surface area (TPSA) is 44.7 Å². The summed E-state index contributed by atoms with van der Waals surface area (Å²) < 4.78 is 6.06. The molecule has 2 aromatic rings. The fraction of sp³-hybridized carbons (Fsp3) is 0.545. The van der Waals surface area contributed by atoms with Crippen molar-refractivity contribution in [2.75, 3.05) is 55.7 Å². The Balaban J connectivity index is 1.21. The summed E-state index contributed by atoms with van der Waals surface area (Å²) in [5, 5.41) is 0. The highest BCUT2D eigenvalue weighted by Gasteiger charge is 2.26. The molecule has 6 nitrogen and oxygen atoms in total. The molecule has 2 fully saturated rings. The van der Waals surface area contributed by atoms with Crippen LogP contribution >= 0.6 is 11.8 Å². The predicted octanol–water partition coefficient (Wildman–Crippen LogP) is 2.50. The Bertz CT molecular complexity index is 806. The average Bonchev–Trinajstić information content (AvgIpc) is 3.22. The van der Waals surface area contributed by atoms with Crippen LogP contribution in [-0.2, 0) is 13.1 Å².